The van der Waals surface area contributed by atoms with Crippen LogP contribution in [0.4, 0.5) is 5.69 Å². The summed E-state index contributed by atoms with van der Waals surface area (Å²) < 4.78 is 5.25. The van der Waals surface area contributed by atoms with Crippen molar-refractivity contribution in [3.8, 4) is 5.75 Å². The van der Waals surface area contributed by atoms with E-state index in [4.69, 9.17) is 4.74 Å². The quantitative estimate of drug-likeness (QED) is 0.786. The summed E-state index contributed by atoms with van der Waals surface area (Å²) in [4.78, 5) is 29.3. The summed E-state index contributed by atoms with van der Waals surface area (Å²) >= 11 is 0. The molecule has 3 rings (SSSR count). The largest absolute Gasteiger partial charge is 0.497 e. The zero-order chi connectivity index (χ0) is 19.4. The van der Waals surface area contributed by atoms with Gasteiger partial charge >= 0.3 is 0 Å². The Bertz CT molecular complexity index is 804. The summed E-state index contributed by atoms with van der Waals surface area (Å²) in [5, 5.41) is 0. The average molecular weight is 366 g/mol. The maximum absolute atomic E-state index is 13.2. The van der Waals surface area contributed by atoms with Gasteiger partial charge in [-0.15, -0.1) is 0 Å². The second-order valence-electron chi connectivity index (χ2n) is 7.15. The molecule has 0 unspecified atom stereocenters. The zero-order valence-corrected chi connectivity index (χ0v) is 16.1. The average Bonchev–Trinajstić information content (AvgIpc) is 3.08. The zero-order valence-electron chi connectivity index (χ0n) is 16.1. The Kier molecular flexibility index (Phi) is 5.79. The third-order valence-electron chi connectivity index (χ3n) is 4.94. The minimum Gasteiger partial charge on any atom is -0.497 e. The SMILES string of the molecule is COc1cccc(N2C[C@@H](C(=O)N(Cc3ccccc3)C(C)C)CC2=O)c1. The van der Waals surface area contributed by atoms with Gasteiger partial charge in [-0.05, 0) is 31.5 Å². The predicted molar refractivity (Wildman–Crippen MR) is 106 cm³/mol. The highest BCUT2D eigenvalue weighted by Crippen LogP contribution is 2.29. The lowest BCUT2D eigenvalue weighted by Crippen LogP contribution is -2.41. The summed E-state index contributed by atoms with van der Waals surface area (Å²) in [5.74, 6) is 0.385. The van der Waals surface area contributed by atoms with Gasteiger partial charge in [0.25, 0.3) is 0 Å². The van der Waals surface area contributed by atoms with Crippen molar-refractivity contribution in [2.75, 3.05) is 18.6 Å². The molecule has 0 saturated carbocycles. The molecule has 1 fully saturated rings. The van der Waals surface area contributed by atoms with Gasteiger partial charge in [-0.2, -0.15) is 0 Å². The van der Waals surface area contributed by atoms with Gasteiger partial charge in [0.1, 0.15) is 5.75 Å². The first kappa shape index (κ1) is 19.0. The van der Waals surface area contributed by atoms with Gasteiger partial charge < -0.3 is 14.5 Å². The summed E-state index contributed by atoms with van der Waals surface area (Å²) in [6.07, 6.45) is 0.244. The molecule has 5 heteroatoms. The molecule has 1 atom stereocenters. The van der Waals surface area contributed by atoms with Crippen molar-refractivity contribution in [3.05, 3.63) is 60.2 Å². The second-order valence-corrected chi connectivity index (χ2v) is 7.15. The molecule has 5 nitrogen and oxygen atoms in total. The first-order valence-electron chi connectivity index (χ1n) is 9.28. The minimum absolute atomic E-state index is 0.0231. The lowest BCUT2D eigenvalue weighted by Gasteiger charge is -2.29. The lowest BCUT2D eigenvalue weighted by molar-refractivity contribution is -0.138. The Morgan fingerprint density at radius 2 is 1.93 bits per heavy atom. The molecule has 2 aromatic carbocycles. The molecule has 27 heavy (non-hydrogen) atoms. The summed E-state index contributed by atoms with van der Waals surface area (Å²) in [6, 6.07) is 17.4. The van der Waals surface area contributed by atoms with E-state index < -0.39 is 0 Å². The van der Waals surface area contributed by atoms with Crippen molar-refractivity contribution >= 4 is 17.5 Å². The van der Waals surface area contributed by atoms with Gasteiger partial charge in [-0.1, -0.05) is 36.4 Å². The monoisotopic (exact) mass is 366 g/mol. The topological polar surface area (TPSA) is 49.9 Å². The highest BCUT2D eigenvalue weighted by Gasteiger charge is 2.37. The lowest BCUT2D eigenvalue weighted by atomic mass is 10.1. The van der Waals surface area contributed by atoms with E-state index in [1.54, 1.807) is 12.0 Å². The van der Waals surface area contributed by atoms with Crippen LogP contribution in [0.2, 0.25) is 0 Å². The molecule has 0 spiro atoms. The van der Waals surface area contributed by atoms with Crippen LogP contribution in [0.3, 0.4) is 0 Å². The van der Waals surface area contributed by atoms with Crippen LogP contribution in [0.5, 0.6) is 5.75 Å². The molecule has 1 saturated heterocycles. The number of amides is 2. The maximum atomic E-state index is 13.2. The number of nitrogens with zero attached hydrogens (tertiary/aromatic N) is 2. The number of ether oxygens (including phenoxy) is 1. The Balaban J connectivity index is 1.75. The first-order chi connectivity index (χ1) is 13.0. The van der Waals surface area contributed by atoms with Gasteiger partial charge in [0.2, 0.25) is 11.8 Å². The molecule has 0 N–H and O–H groups in total. The van der Waals surface area contributed by atoms with Crippen molar-refractivity contribution < 1.29 is 14.3 Å². The molecular weight excluding hydrogens is 340 g/mol. The van der Waals surface area contributed by atoms with Gasteiger partial charge in [-0.25, -0.2) is 0 Å². The summed E-state index contributed by atoms with van der Waals surface area (Å²) in [7, 11) is 1.60. The number of rotatable bonds is 6. The molecular formula is C22H26N2O3. The summed E-state index contributed by atoms with van der Waals surface area (Å²) in [5.41, 5.74) is 1.86. The number of methoxy groups -OCH3 is 1. The van der Waals surface area contributed by atoms with Crippen LogP contribution in [0.25, 0.3) is 0 Å². The third kappa shape index (κ3) is 4.30. The van der Waals surface area contributed by atoms with Crippen molar-refractivity contribution in [1.82, 2.24) is 4.90 Å². The number of benzene rings is 2. The third-order valence-corrected chi connectivity index (χ3v) is 4.94. The van der Waals surface area contributed by atoms with Crippen LogP contribution in [-0.2, 0) is 16.1 Å². The smallest absolute Gasteiger partial charge is 0.228 e. The fraction of sp³-hybridized carbons (Fsp3) is 0.364. The van der Waals surface area contributed by atoms with Gasteiger partial charge in [0, 0.05) is 37.3 Å². The fourth-order valence-electron chi connectivity index (χ4n) is 3.43. The Labute approximate surface area is 160 Å². The molecule has 0 aromatic heterocycles. The molecule has 0 radical (unpaired) electrons. The van der Waals surface area contributed by atoms with Gasteiger partial charge in [-0.3, -0.25) is 9.59 Å². The maximum Gasteiger partial charge on any atom is 0.228 e. The summed E-state index contributed by atoms with van der Waals surface area (Å²) in [6.45, 7) is 4.99. The van der Waals surface area contributed by atoms with Gasteiger partial charge in [0.05, 0.1) is 13.0 Å². The van der Waals surface area contributed by atoms with Crippen LogP contribution in [0.15, 0.2) is 54.6 Å². The molecule has 1 aliphatic rings. The standard InChI is InChI=1S/C22H26N2O3/c1-16(2)23(14-17-8-5-4-6-9-17)22(26)18-12-21(25)24(15-18)19-10-7-11-20(13-19)27-3/h4-11,13,16,18H,12,14-15H2,1-3H3/t18-/m0/s1. The number of hydrogen-bond acceptors (Lipinski definition) is 3. The van der Waals surface area contributed by atoms with Crippen LogP contribution in [-0.4, -0.2) is 36.4 Å². The molecule has 2 amide bonds. The Hall–Kier alpha value is -2.82. The van der Waals surface area contributed by atoms with E-state index in [2.05, 4.69) is 0 Å². The van der Waals surface area contributed by atoms with E-state index in [9.17, 15) is 9.59 Å². The van der Waals surface area contributed by atoms with Crippen molar-refractivity contribution in [3.63, 3.8) is 0 Å². The van der Waals surface area contributed by atoms with Crippen molar-refractivity contribution in [1.29, 1.82) is 0 Å². The van der Waals surface area contributed by atoms with Crippen LogP contribution in [0.1, 0.15) is 25.8 Å². The van der Waals surface area contributed by atoms with E-state index >= 15 is 0 Å². The van der Waals surface area contributed by atoms with E-state index in [1.807, 2.05) is 73.3 Å². The number of anilines is 1. The van der Waals surface area contributed by atoms with Crippen LogP contribution in [0, 0.1) is 5.92 Å². The molecule has 0 aliphatic carbocycles. The fourth-order valence-corrected chi connectivity index (χ4v) is 3.43. The highest BCUT2D eigenvalue weighted by molar-refractivity contribution is 6.00. The normalized spacial score (nSPS) is 16.7. The van der Waals surface area contributed by atoms with Crippen LogP contribution >= 0.6 is 0 Å². The predicted octanol–water partition coefficient (Wildman–Crippen LogP) is 3.49. The van der Waals surface area contributed by atoms with E-state index in [0.29, 0.717) is 18.8 Å². The van der Waals surface area contributed by atoms with Crippen molar-refractivity contribution in [2.24, 2.45) is 5.92 Å². The second kappa shape index (κ2) is 8.25. The molecule has 1 aliphatic heterocycles. The van der Waals surface area contributed by atoms with Crippen LogP contribution < -0.4 is 9.64 Å². The first-order valence-corrected chi connectivity index (χ1v) is 9.28. The number of hydrogen-bond donors (Lipinski definition) is 0. The molecule has 1 heterocycles. The molecule has 2 aromatic rings. The Morgan fingerprint density at radius 3 is 2.59 bits per heavy atom. The highest BCUT2D eigenvalue weighted by atomic mass is 16.5. The number of carbonyl (C=O) groups is 2. The van der Waals surface area contributed by atoms with E-state index in [-0.39, 0.29) is 30.2 Å². The minimum atomic E-state index is -0.324. The van der Waals surface area contributed by atoms with E-state index in [1.165, 1.54) is 0 Å². The van der Waals surface area contributed by atoms with Crippen molar-refractivity contribution in [2.45, 2.75) is 32.9 Å². The molecule has 0 bridgehead atoms. The Morgan fingerprint density at radius 1 is 1.19 bits per heavy atom. The van der Waals surface area contributed by atoms with Gasteiger partial charge in [0.15, 0.2) is 0 Å². The van der Waals surface area contributed by atoms with E-state index in [0.717, 1.165) is 11.3 Å². The molecule has 142 valence electrons. The number of carbonyl (C=O) groups excluding carboxylic acids is 2.